The molecule has 2 aromatic carbocycles. The molecule has 0 aliphatic rings. The Labute approximate surface area is 102 Å². The zero-order valence-corrected chi connectivity index (χ0v) is 9.34. The summed E-state index contributed by atoms with van der Waals surface area (Å²) in [5.74, 6) is -1.86. The molecule has 0 aliphatic heterocycles. The summed E-state index contributed by atoms with van der Waals surface area (Å²) < 4.78 is 26.6. The van der Waals surface area contributed by atoms with Gasteiger partial charge in [0.25, 0.3) is 0 Å². The van der Waals surface area contributed by atoms with Gasteiger partial charge in [-0.1, -0.05) is 29.8 Å². The van der Waals surface area contributed by atoms with Crippen LogP contribution in [0.15, 0.2) is 36.4 Å². The summed E-state index contributed by atoms with van der Waals surface area (Å²) in [6, 6.07) is 8.32. The second-order valence-electron chi connectivity index (χ2n) is 3.46. The third-order valence-corrected chi connectivity index (χ3v) is 2.73. The number of carbonyl (C=O) groups excluding carboxylic acids is 1. The van der Waals surface area contributed by atoms with Crippen molar-refractivity contribution in [1.29, 1.82) is 0 Å². The molecule has 0 saturated heterocycles. The van der Waals surface area contributed by atoms with Crippen molar-refractivity contribution in [3.8, 4) is 11.1 Å². The van der Waals surface area contributed by atoms with Crippen molar-refractivity contribution in [2.75, 3.05) is 0 Å². The smallest absolute Gasteiger partial charge is 0.166 e. The molecular weight excluding hydrogens is 246 g/mol. The highest BCUT2D eigenvalue weighted by molar-refractivity contribution is 6.33. The highest BCUT2D eigenvalue weighted by atomic mass is 35.5. The quantitative estimate of drug-likeness (QED) is 0.736. The van der Waals surface area contributed by atoms with E-state index in [-0.39, 0.29) is 16.1 Å². The van der Waals surface area contributed by atoms with Gasteiger partial charge in [0.15, 0.2) is 17.9 Å². The Balaban J connectivity index is 2.61. The molecule has 0 atom stereocenters. The van der Waals surface area contributed by atoms with E-state index in [4.69, 9.17) is 11.6 Å². The van der Waals surface area contributed by atoms with E-state index in [9.17, 15) is 13.6 Å². The molecule has 0 N–H and O–H groups in total. The summed E-state index contributed by atoms with van der Waals surface area (Å²) in [5.41, 5.74) is 0.756. The molecule has 4 heteroatoms. The fourth-order valence-electron chi connectivity index (χ4n) is 1.53. The molecule has 0 heterocycles. The molecule has 86 valence electrons. The van der Waals surface area contributed by atoms with Gasteiger partial charge in [0, 0.05) is 11.1 Å². The Bertz CT molecular complexity index is 582. The van der Waals surface area contributed by atoms with Crippen molar-refractivity contribution in [3.05, 3.63) is 58.6 Å². The average molecular weight is 253 g/mol. The van der Waals surface area contributed by atoms with Crippen LogP contribution in [0.1, 0.15) is 10.4 Å². The molecule has 0 aromatic heterocycles. The van der Waals surface area contributed by atoms with Crippen molar-refractivity contribution < 1.29 is 13.6 Å². The number of hydrogen-bond acceptors (Lipinski definition) is 1. The minimum atomic E-state index is -0.938. The first-order valence-corrected chi connectivity index (χ1v) is 5.20. The van der Waals surface area contributed by atoms with Crippen LogP contribution in [0.4, 0.5) is 8.78 Å². The average Bonchev–Trinajstić information content (AvgIpc) is 2.34. The molecule has 0 amide bonds. The summed E-state index contributed by atoms with van der Waals surface area (Å²) in [6.07, 6.45) is 0.572. The van der Waals surface area contributed by atoms with Gasteiger partial charge in [0.2, 0.25) is 0 Å². The summed E-state index contributed by atoms with van der Waals surface area (Å²) >= 11 is 5.76. The Hall–Kier alpha value is -1.74. The fourth-order valence-corrected chi connectivity index (χ4v) is 1.69. The van der Waals surface area contributed by atoms with Crippen LogP contribution >= 0.6 is 11.6 Å². The number of aldehydes is 1. The third-order valence-electron chi connectivity index (χ3n) is 2.39. The lowest BCUT2D eigenvalue weighted by atomic mass is 10.0. The Morgan fingerprint density at radius 2 is 1.88 bits per heavy atom. The first-order valence-electron chi connectivity index (χ1n) is 4.82. The van der Waals surface area contributed by atoms with Gasteiger partial charge in [-0.25, -0.2) is 8.78 Å². The van der Waals surface area contributed by atoms with Gasteiger partial charge in [-0.05, 0) is 23.8 Å². The van der Waals surface area contributed by atoms with Crippen molar-refractivity contribution >= 4 is 17.9 Å². The van der Waals surface area contributed by atoms with E-state index in [1.165, 1.54) is 30.3 Å². The monoisotopic (exact) mass is 252 g/mol. The van der Waals surface area contributed by atoms with Crippen LogP contribution in [0.25, 0.3) is 11.1 Å². The number of benzene rings is 2. The van der Waals surface area contributed by atoms with Crippen LogP contribution in [0.3, 0.4) is 0 Å². The van der Waals surface area contributed by atoms with E-state index in [1.54, 1.807) is 0 Å². The van der Waals surface area contributed by atoms with Crippen LogP contribution in [0, 0.1) is 11.6 Å². The topological polar surface area (TPSA) is 17.1 Å². The first kappa shape index (κ1) is 11.7. The molecule has 0 unspecified atom stereocenters. The zero-order valence-electron chi connectivity index (χ0n) is 8.58. The molecule has 17 heavy (non-hydrogen) atoms. The molecular formula is C13H7ClF2O. The SMILES string of the molecule is O=Cc1cc(-c2cccc(F)c2F)ccc1Cl. The summed E-state index contributed by atoms with van der Waals surface area (Å²) in [4.78, 5) is 10.7. The van der Waals surface area contributed by atoms with Crippen molar-refractivity contribution in [3.63, 3.8) is 0 Å². The van der Waals surface area contributed by atoms with Gasteiger partial charge in [-0.2, -0.15) is 0 Å². The van der Waals surface area contributed by atoms with E-state index < -0.39 is 11.6 Å². The molecule has 2 rings (SSSR count). The highest BCUT2D eigenvalue weighted by Crippen LogP contribution is 2.27. The van der Waals surface area contributed by atoms with Crippen molar-refractivity contribution in [2.24, 2.45) is 0 Å². The second kappa shape index (κ2) is 4.63. The Morgan fingerprint density at radius 3 is 2.59 bits per heavy atom. The van der Waals surface area contributed by atoms with Gasteiger partial charge >= 0.3 is 0 Å². The summed E-state index contributed by atoms with van der Waals surface area (Å²) in [6.45, 7) is 0. The van der Waals surface area contributed by atoms with E-state index in [2.05, 4.69) is 0 Å². The minimum absolute atomic E-state index is 0.102. The molecule has 0 saturated carbocycles. The van der Waals surface area contributed by atoms with Gasteiger partial charge < -0.3 is 0 Å². The maximum absolute atomic E-state index is 13.5. The second-order valence-corrected chi connectivity index (χ2v) is 3.86. The van der Waals surface area contributed by atoms with Gasteiger partial charge in [-0.3, -0.25) is 4.79 Å². The lowest BCUT2D eigenvalue weighted by Gasteiger charge is -2.05. The van der Waals surface area contributed by atoms with Crippen molar-refractivity contribution in [1.82, 2.24) is 0 Å². The maximum Gasteiger partial charge on any atom is 0.166 e. The largest absolute Gasteiger partial charge is 0.298 e. The Morgan fingerprint density at radius 1 is 1.12 bits per heavy atom. The molecule has 0 bridgehead atoms. The van der Waals surface area contributed by atoms with Crippen LogP contribution in [0.5, 0.6) is 0 Å². The molecule has 0 spiro atoms. The van der Waals surface area contributed by atoms with Crippen LogP contribution < -0.4 is 0 Å². The maximum atomic E-state index is 13.5. The number of hydrogen-bond donors (Lipinski definition) is 0. The molecule has 0 radical (unpaired) electrons. The third kappa shape index (κ3) is 2.19. The lowest BCUT2D eigenvalue weighted by Crippen LogP contribution is -1.90. The minimum Gasteiger partial charge on any atom is -0.298 e. The van der Waals surface area contributed by atoms with E-state index in [0.29, 0.717) is 11.8 Å². The molecule has 0 aliphatic carbocycles. The predicted octanol–water partition coefficient (Wildman–Crippen LogP) is 4.10. The normalized spacial score (nSPS) is 10.3. The van der Waals surface area contributed by atoms with Crippen molar-refractivity contribution in [2.45, 2.75) is 0 Å². The van der Waals surface area contributed by atoms with E-state index >= 15 is 0 Å². The predicted molar refractivity (Wildman–Crippen MR) is 62.2 cm³/mol. The molecule has 1 nitrogen and oxygen atoms in total. The standard InChI is InChI=1S/C13H7ClF2O/c14-11-5-4-8(6-9(11)7-17)10-2-1-3-12(15)13(10)16/h1-7H. The Kier molecular flexibility index (Phi) is 3.20. The fraction of sp³-hybridized carbons (Fsp3) is 0. The highest BCUT2D eigenvalue weighted by Gasteiger charge is 2.10. The molecule has 0 fully saturated rings. The van der Waals surface area contributed by atoms with E-state index in [0.717, 1.165) is 6.07 Å². The molecule has 2 aromatic rings. The summed E-state index contributed by atoms with van der Waals surface area (Å²) in [5, 5.41) is 0.278. The number of rotatable bonds is 2. The number of halogens is 3. The van der Waals surface area contributed by atoms with Gasteiger partial charge in [-0.15, -0.1) is 0 Å². The van der Waals surface area contributed by atoms with Crippen LogP contribution in [-0.4, -0.2) is 6.29 Å². The zero-order chi connectivity index (χ0) is 12.4. The van der Waals surface area contributed by atoms with Gasteiger partial charge in [0.05, 0.1) is 5.02 Å². The summed E-state index contributed by atoms with van der Waals surface area (Å²) in [7, 11) is 0. The van der Waals surface area contributed by atoms with Gasteiger partial charge in [0.1, 0.15) is 0 Å². The number of carbonyl (C=O) groups is 1. The first-order chi connectivity index (χ1) is 8.13. The van der Waals surface area contributed by atoms with Crippen LogP contribution in [-0.2, 0) is 0 Å². The van der Waals surface area contributed by atoms with Crippen LogP contribution in [0.2, 0.25) is 5.02 Å². The lowest BCUT2D eigenvalue weighted by molar-refractivity contribution is 0.112. The van der Waals surface area contributed by atoms with E-state index in [1.807, 2.05) is 0 Å².